The summed E-state index contributed by atoms with van der Waals surface area (Å²) < 4.78 is 0. The van der Waals surface area contributed by atoms with Crippen LogP contribution in [0.3, 0.4) is 0 Å². The lowest BCUT2D eigenvalue weighted by molar-refractivity contribution is -0.140. The molecule has 0 spiro atoms. The number of nitrogens with zero attached hydrogens (tertiary/aromatic N) is 3. The third-order valence-corrected chi connectivity index (χ3v) is 4.65. The molecule has 3 amide bonds. The number of benzene rings is 1. The lowest BCUT2D eigenvalue weighted by atomic mass is 10.1. The van der Waals surface area contributed by atoms with Crippen molar-refractivity contribution in [3.63, 3.8) is 0 Å². The minimum Gasteiger partial charge on any atom is -0.481 e. The molecule has 0 bridgehead atoms. The summed E-state index contributed by atoms with van der Waals surface area (Å²) in [6, 6.07) is -0.608. The molecule has 16 nitrogen and oxygen atoms in total. The second-order valence-electron chi connectivity index (χ2n) is 7.35. The van der Waals surface area contributed by atoms with Crippen molar-refractivity contribution in [3.05, 3.63) is 39.8 Å². The van der Waals surface area contributed by atoms with Crippen molar-refractivity contribution >= 4 is 41.5 Å². The van der Waals surface area contributed by atoms with E-state index in [9.17, 15) is 33.9 Å². The Labute approximate surface area is 202 Å². The van der Waals surface area contributed by atoms with Crippen LogP contribution < -0.4 is 16.0 Å². The number of amides is 3. The fourth-order valence-corrected chi connectivity index (χ4v) is 2.89. The summed E-state index contributed by atoms with van der Waals surface area (Å²) in [4.78, 5) is 71.1. The van der Waals surface area contributed by atoms with Gasteiger partial charge in [-0.3, -0.25) is 9.59 Å². The molecule has 0 saturated heterocycles. The first kappa shape index (κ1) is 29.2. The molecule has 0 unspecified atom stereocenters. The molecule has 0 aliphatic heterocycles. The van der Waals surface area contributed by atoms with Crippen LogP contribution in [0.4, 0.5) is 10.5 Å². The lowest BCUT2D eigenvalue weighted by Crippen LogP contribution is -2.51. The molecule has 1 aromatic carbocycles. The predicted octanol–water partition coefficient (Wildman–Crippen LogP) is 1.30. The summed E-state index contributed by atoms with van der Waals surface area (Å²) in [6.45, 7) is 0.0712. The highest BCUT2D eigenvalue weighted by Crippen LogP contribution is 2.18. The van der Waals surface area contributed by atoms with E-state index in [1.165, 1.54) is 6.07 Å². The van der Waals surface area contributed by atoms with Gasteiger partial charge in [0.2, 0.25) is 0 Å². The maximum Gasteiger partial charge on any atom is 0.335 e. The molecule has 16 heteroatoms. The molecular weight excluding hydrogens is 484 g/mol. The maximum absolute atomic E-state index is 12.3. The molecule has 194 valence electrons. The van der Waals surface area contributed by atoms with Crippen LogP contribution in [0, 0.1) is 0 Å². The monoisotopic (exact) mass is 508 g/mol. The van der Waals surface area contributed by atoms with Crippen LogP contribution in [0.15, 0.2) is 23.3 Å². The van der Waals surface area contributed by atoms with Gasteiger partial charge in [-0.1, -0.05) is 5.11 Å². The average Bonchev–Trinajstić information content (AvgIpc) is 2.80. The van der Waals surface area contributed by atoms with Gasteiger partial charge in [0, 0.05) is 29.1 Å². The van der Waals surface area contributed by atoms with E-state index in [1.807, 2.05) is 5.32 Å². The Morgan fingerprint density at radius 1 is 0.861 bits per heavy atom. The highest BCUT2D eigenvalue weighted by Gasteiger charge is 2.24. The van der Waals surface area contributed by atoms with E-state index in [4.69, 9.17) is 20.9 Å². The number of carboxylic acids is 4. The summed E-state index contributed by atoms with van der Waals surface area (Å²) in [5, 5.41) is 46.0. The molecule has 2 atom stereocenters. The third kappa shape index (κ3) is 10.4. The van der Waals surface area contributed by atoms with Gasteiger partial charge >= 0.3 is 29.9 Å². The number of hydrogen-bond acceptors (Lipinski definition) is 7. The normalized spacial score (nSPS) is 11.8. The number of aromatic carboxylic acids is 1. The number of hydrogen-bond donors (Lipinski definition) is 7. The smallest absolute Gasteiger partial charge is 0.335 e. The Morgan fingerprint density at radius 2 is 1.44 bits per heavy atom. The van der Waals surface area contributed by atoms with Gasteiger partial charge in [-0.05, 0) is 49.4 Å². The summed E-state index contributed by atoms with van der Waals surface area (Å²) in [5.41, 5.74) is 8.14. The largest absolute Gasteiger partial charge is 0.481 e. The number of carbonyl (C=O) groups excluding carboxylic acids is 2. The van der Waals surface area contributed by atoms with Crippen LogP contribution in [-0.2, 0) is 14.4 Å². The van der Waals surface area contributed by atoms with Gasteiger partial charge in [0.05, 0.1) is 5.56 Å². The zero-order chi connectivity index (χ0) is 27.3. The molecule has 0 heterocycles. The van der Waals surface area contributed by atoms with Crippen molar-refractivity contribution in [1.82, 2.24) is 16.0 Å². The molecule has 0 saturated carbocycles. The Hall–Kier alpha value is -4.85. The Bertz CT molecular complexity index is 1050. The highest BCUT2D eigenvalue weighted by molar-refractivity contribution is 5.98. The van der Waals surface area contributed by atoms with Crippen LogP contribution in [0.25, 0.3) is 10.4 Å². The molecule has 7 N–H and O–H groups in total. The number of azide groups is 1. The first-order valence-corrected chi connectivity index (χ1v) is 10.4. The van der Waals surface area contributed by atoms with Gasteiger partial charge < -0.3 is 36.4 Å². The molecular formula is C20H24N6O10. The third-order valence-electron chi connectivity index (χ3n) is 4.65. The Morgan fingerprint density at radius 3 is 1.97 bits per heavy atom. The zero-order valence-electron chi connectivity index (χ0n) is 18.7. The van der Waals surface area contributed by atoms with Crippen LogP contribution in [0.2, 0.25) is 0 Å². The second-order valence-corrected chi connectivity index (χ2v) is 7.35. The molecule has 0 aromatic heterocycles. The van der Waals surface area contributed by atoms with E-state index in [1.54, 1.807) is 0 Å². The number of aliphatic carboxylic acids is 3. The van der Waals surface area contributed by atoms with Crippen molar-refractivity contribution in [2.75, 3.05) is 6.54 Å². The number of carboxylic acid groups (broad SMARTS) is 4. The fourth-order valence-electron chi connectivity index (χ4n) is 2.89. The molecule has 0 aliphatic rings. The van der Waals surface area contributed by atoms with Gasteiger partial charge in [0.25, 0.3) is 5.91 Å². The minimum absolute atomic E-state index is 0.0602. The number of carbonyl (C=O) groups is 6. The van der Waals surface area contributed by atoms with Gasteiger partial charge in [-0.15, -0.1) is 0 Å². The van der Waals surface area contributed by atoms with Crippen molar-refractivity contribution in [2.45, 2.75) is 44.2 Å². The van der Waals surface area contributed by atoms with Crippen LogP contribution in [0.1, 0.15) is 52.8 Å². The SMILES string of the molecule is [N-]=[N+]=Nc1cc(C(=O)O)cc(C(=O)NCCCC[C@H](NC(=O)N[C@@H](CCC(=O)O)C(=O)O)C(=O)O)c1. The molecule has 36 heavy (non-hydrogen) atoms. The molecule has 1 aromatic rings. The van der Waals surface area contributed by atoms with Crippen LogP contribution in [-0.4, -0.2) is 74.9 Å². The molecule has 1 rings (SSSR count). The fraction of sp³-hybridized carbons (Fsp3) is 0.400. The lowest BCUT2D eigenvalue weighted by Gasteiger charge is -2.18. The van der Waals surface area contributed by atoms with Crippen molar-refractivity contribution < 1.29 is 49.2 Å². The van der Waals surface area contributed by atoms with Gasteiger partial charge in [0.1, 0.15) is 12.1 Å². The van der Waals surface area contributed by atoms with E-state index in [0.29, 0.717) is 0 Å². The van der Waals surface area contributed by atoms with E-state index in [2.05, 4.69) is 20.7 Å². The first-order chi connectivity index (χ1) is 16.9. The van der Waals surface area contributed by atoms with Gasteiger partial charge in [0.15, 0.2) is 0 Å². The van der Waals surface area contributed by atoms with E-state index in [0.717, 1.165) is 12.1 Å². The summed E-state index contributed by atoms with van der Waals surface area (Å²) in [5.74, 6) is -6.10. The van der Waals surface area contributed by atoms with Crippen molar-refractivity contribution in [3.8, 4) is 0 Å². The number of nitrogens with one attached hydrogen (secondary N) is 3. The Balaban J connectivity index is 2.58. The average molecular weight is 508 g/mol. The number of rotatable bonds is 15. The van der Waals surface area contributed by atoms with Gasteiger partial charge in [-0.2, -0.15) is 0 Å². The van der Waals surface area contributed by atoms with E-state index < -0.39 is 60.7 Å². The molecule has 0 radical (unpaired) electrons. The topological polar surface area (TPSA) is 268 Å². The summed E-state index contributed by atoms with van der Waals surface area (Å²) in [7, 11) is 0. The van der Waals surface area contributed by atoms with Gasteiger partial charge in [-0.25, -0.2) is 19.2 Å². The van der Waals surface area contributed by atoms with Crippen LogP contribution >= 0.6 is 0 Å². The van der Waals surface area contributed by atoms with E-state index >= 15 is 0 Å². The quantitative estimate of drug-likeness (QED) is 0.0771. The van der Waals surface area contributed by atoms with E-state index in [-0.39, 0.29) is 42.6 Å². The summed E-state index contributed by atoms with van der Waals surface area (Å²) in [6.07, 6.45) is -0.482. The minimum atomic E-state index is -1.52. The van der Waals surface area contributed by atoms with Crippen molar-refractivity contribution in [2.24, 2.45) is 5.11 Å². The first-order valence-electron chi connectivity index (χ1n) is 10.4. The number of urea groups is 1. The van der Waals surface area contributed by atoms with Crippen LogP contribution in [0.5, 0.6) is 0 Å². The Kier molecular flexibility index (Phi) is 11.7. The highest BCUT2D eigenvalue weighted by atomic mass is 16.4. The molecule has 0 fully saturated rings. The predicted molar refractivity (Wildman–Crippen MR) is 120 cm³/mol. The number of unbranched alkanes of at least 4 members (excludes halogenated alkanes) is 1. The maximum atomic E-state index is 12.3. The second kappa shape index (κ2) is 14.4. The molecule has 0 aliphatic carbocycles. The zero-order valence-corrected chi connectivity index (χ0v) is 18.7. The van der Waals surface area contributed by atoms with Crippen molar-refractivity contribution in [1.29, 1.82) is 0 Å². The summed E-state index contributed by atoms with van der Waals surface area (Å²) >= 11 is 0. The standard InChI is InChI=1S/C20H24N6O10/c21-26-25-12-8-10(7-11(9-12)17(30)31)16(29)22-6-2-1-3-13(18(32)33)23-20(36)24-14(19(34)35)4-5-15(27)28/h7-9,13-14H,1-6H2,(H,22,29)(H,27,28)(H,30,31)(H,32,33)(H,34,35)(H2,23,24,36)/t13-,14-/m0/s1.